The van der Waals surface area contributed by atoms with Gasteiger partial charge in [-0.05, 0) is 26.8 Å². The third-order valence-corrected chi connectivity index (χ3v) is 2.39. The summed E-state index contributed by atoms with van der Waals surface area (Å²) in [6.07, 6.45) is -1.49. The number of carbonyl (C=O) groups is 1. The van der Waals surface area contributed by atoms with Gasteiger partial charge in [0.25, 0.3) is 0 Å². The van der Waals surface area contributed by atoms with Crippen LogP contribution in [0.3, 0.4) is 0 Å². The first-order valence-corrected chi connectivity index (χ1v) is 6.19. The number of esters is 1. The van der Waals surface area contributed by atoms with E-state index in [4.69, 9.17) is 14.2 Å². The Morgan fingerprint density at radius 2 is 2.05 bits per heavy atom. The maximum atomic E-state index is 11.6. The highest BCUT2D eigenvalue weighted by Crippen LogP contribution is 2.36. The second kappa shape index (κ2) is 6.99. The van der Waals surface area contributed by atoms with Gasteiger partial charge in [-0.2, -0.15) is 0 Å². The molecule has 5 heteroatoms. The van der Waals surface area contributed by atoms with E-state index in [0.29, 0.717) is 17.1 Å². The first-order valence-electron chi connectivity index (χ1n) is 6.19. The summed E-state index contributed by atoms with van der Waals surface area (Å²) in [7, 11) is 1.50. The summed E-state index contributed by atoms with van der Waals surface area (Å²) in [5.41, 5.74) is 0.339. The molecule has 0 amide bonds. The van der Waals surface area contributed by atoms with Crippen molar-refractivity contribution in [3.05, 3.63) is 23.8 Å². The highest BCUT2D eigenvalue weighted by molar-refractivity contribution is 5.77. The standard InChI is InChI=1S/C14H20O5/c1-5-18-14(16)12(15)10-7-6-8-11(17-4)13(10)19-9(2)3/h6-9,12,15H,5H2,1-4H3. The van der Waals surface area contributed by atoms with E-state index in [0.717, 1.165) is 0 Å². The summed E-state index contributed by atoms with van der Waals surface area (Å²) in [6.45, 7) is 5.60. The molecule has 0 aliphatic carbocycles. The van der Waals surface area contributed by atoms with Crippen molar-refractivity contribution in [3.8, 4) is 11.5 Å². The Bertz CT molecular complexity index is 428. The van der Waals surface area contributed by atoms with Crippen LogP contribution in [0.15, 0.2) is 18.2 Å². The Morgan fingerprint density at radius 1 is 1.37 bits per heavy atom. The first-order chi connectivity index (χ1) is 9.01. The third kappa shape index (κ3) is 3.86. The SMILES string of the molecule is CCOC(=O)C(O)c1cccc(OC)c1OC(C)C. The molecule has 0 aromatic heterocycles. The lowest BCUT2D eigenvalue weighted by Gasteiger charge is -2.19. The monoisotopic (exact) mass is 268 g/mol. The molecule has 0 fully saturated rings. The predicted octanol–water partition coefficient (Wildman–Crippen LogP) is 2.08. The summed E-state index contributed by atoms with van der Waals surface area (Å²) in [5, 5.41) is 10.0. The molecule has 1 atom stereocenters. The Morgan fingerprint density at radius 3 is 2.58 bits per heavy atom. The van der Waals surface area contributed by atoms with Crippen LogP contribution in [0, 0.1) is 0 Å². The van der Waals surface area contributed by atoms with Crippen molar-refractivity contribution in [3.63, 3.8) is 0 Å². The lowest BCUT2D eigenvalue weighted by atomic mass is 10.1. The number of ether oxygens (including phenoxy) is 3. The molecule has 0 saturated carbocycles. The minimum Gasteiger partial charge on any atom is -0.493 e. The van der Waals surface area contributed by atoms with Gasteiger partial charge in [0, 0.05) is 5.56 Å². The molecule has 0 aliphatic heterocycles. The molecule has 1 unspecified atom stereocenters. The van der Waals surface area contributed by atoms with E-state index in [-0.39, 0.29) is 12.7 Å². The van der Waals surface area contributed by atoms with Crippen LogP contribution in [0.4, 0.5) is 0 Å². The van der Waals surface area contributed by atoms with Gasteiger partial charge in [0.05, 0.1) is 19.8 Å². The lowest BCUT2D eigenvalue weighted by molar-refractivity contribution is -0.153. The van der Waals surface area contributed by atoms with Crippen molar-refractivity contribution in [2.24, 2.45) is 0 Å². The molecule has 1 aromatic carbocycles. The molecule has 0 spiro atoms. The number of carbonyl (C=O) groups excluding carboxylic acids is 1. The largest absolute Gasteiger partial charge is 0.493 e. The van der Waals surface area contributed by atoms with Crippen molar-refractivity contribution >= 4 is 5.97 Å². The van der Waals surface area contributed by atoms with E-state index >= 15 is 0 Å². The van der Waals surface area contributed by atoms with Crippen molar-refractivity contribution in [1.29, 1.82) is 0 Å². The normalized spacial score (nSPS) is 12.1. The van der Waals surface area contributed by atoms with Gasteiger partial charge in [0.1, 0.15) is 0 Å². The summed E-state index contributed by atoms with van der Waals surface area (Å²) in [4.78, 5) is 11.6. The van der Waals surface area contributed by atoms with Gasteiger partial charge in [0.2, 0.25) is 0 Å². The van der Waals surface area contributed by atoms with Crippen molar-refractivity contribution in [2.75, 3.05) is 13.7 Å². The Hall–Kier alpha value is -1.75. The van der Waals surface area contributed by atoms with Crippen molar-refractivity contribution in [1.82, 2.24) is 0 Å². The summed E-state index contributed by atoms with van der Waals surface area (Å²) in [5.74, 6) is 0.125. The number of hydrogen-bond donors (Lipinski definition) is 1. The maximum Gasteiger partial charge on any atom is 0.339 e. The number of rotatable bonds is 6. The number of benzene rings is 1. The molecule has 0 saturated heterocycles. The molecular formula is C14H20O5. The average Bonchev–Trinajstić information content (AvgIpc) is 2.37. The molecule has 0 aliphatic rings. The summed E-state index contributed by atoms with van der Waals surface area (Å²) < 4.78 is 15.6. The Labute approximate surface area is 113 Å². The quantitative estimate of drug-likeness (QED) is 0.800. The van der Waals surface area contributed by atoms with Gasteiger partial charge in [-0.3, -0.25) is 0 Å². The second-order valence-electron chi connectivity index (χ2n) is 4.20. The fourth-order valence-corrected chi connectivity index (χ4v) is 1.62. The minimum absolute atomic E-state index is 0.107. The molecule has 106 valence electrons. The number of hydrogen-bond acceptors (Lipinski definition) is 5. The topological polar surface area (TPSA) is 65.0 Å². The van der Waals surface area contributed by atoms with Gasteiger partial charge in [-0.15, -0.1) is 0 Å². The van der Waals surface area contributed by atoms with Crippen LogP contribution in [0.1, 0.15) is 32.4 Å². The van der Waals surface area contributed by atoms with Crippen molar-refractivity contribution < 1.29 is 24.1 Å². The van der Waals surface area contributed by atoms with E-state index in [1.54, 1.807) is 25.1 Å². The van der Waals surface area contributed by atoms with Gasteiger partial charge >= 0.3 is 5.97 Å². The third-order valence-electron chi connectivity index (χ3n) is 2.39. The van der Waals surface area contributed by atoms with E-state index in [2.05, 4.69) is 0 Å². The summed E-state index contributed by atoms with van der Waals surface area (Å²) in [6, 6.07) is 5.00. The van der Waals surface area contributed by atoms with Crippen LogP contribution in [-0.2, 0) is 9.53 Å². The molecule has 5 nitrogen and oxygen atoms in total. The highest BCUT2D eigenvalue weighted by atomic mass is 16.5. The summed E-state index contributed by atoms with van der Waals surface area (Å²) >= 11 is 0. The maximum absolute atomic E-state index is 11.6. The Kier molecular flexibility index (Phi) is 5.63. The fourth-order valence-electron chi connectivity index (χ4n) is 1.62. The lowest BCUT2D eigenvalue weighted by Crippen LogP contribution is -2.18. The molecular weight excluding hydrogens is 248 g/mol. The smallest absolute Gasteiger partial charge is 0.339 e. The van der Waals surface area contributed by atoms with E-state index < -0.39 is 12.1 Å². The van der Waals surface area contributed by atoms with Crippen LogP contribution in [0.2, 0.25) is 0 Å². The molecule has 0 heterocycles. The molecule has 19 heavy (non-hydrogen) atoms. The van der Waals surface area contributed by atoms with Crippen LogP contribution < -0.4 is 9.47 Å². The molecule has 1 rings (SSSR count). The number of methoxy groups -OCH3 is 1. The van der Waals surface area contributed by atoms with E-state index in [1.165, 1.54) is 7.11 Å². The average molecular weight is 268 g/mol. The zero-order valence-electron chi connectivity index (χ0n) is 11.7. The number of para-hydroxylation sites is 1. The van der Waals surface area contributed by atoms with Gasteiger partial charge in [-0.1, -0.05) is 12.1 Å². The first kappa shape index (κ1) is 15.3. The van der Waals surface area contributed by atoms with Crippen LogP contribution >= 0.6 is 0 Å². The molecule has 1 N–H and O–H groups in total. The molecule has 0 radical (unpaired) electrons. The highest BCUT2D eigenvalue weighted by Gasteiger charge is 2.25. The fraction of sp³-hybridized carbons (Fsp3) is 0.500. The number of aliphatic hydroxyl groups is 1. The Balaban J connectivity index is 3.14. The van der Waals surface area contributed by atoms with E-state index in [9.17, 15) is 9.90 Å². The van der Waals surface area contributed by atoms with Crippen LogP contribution in [0.5, 0.6) is 11.5 Å². The van der Waals surface area contributed by atoms with Gasteiger partial charge in [0.15, 0.2) is 17.6 Å². The number of aliphatic hydroxyl groups excluding tert-OH is 1. The second-order valence-corrected chi connectivity index (χ2v) is 4.20. The van der Waals surface area contributed by atoms with Crippen LogP contribution in [-0.4, -0.2) is 30.9 Å². The van der Waals surface area contributed by atoms with Gasteiger partial charge in [-0.25, -0.2) is 4.79 Å². The zero-order valence-corrected chi connectivity index (χ0v) is 11.7. The zero-order chi connectivity index (χ0) is 14.4. The minimum atomic E-state index is -1.39. The predicted molar refractivity (Wildman–Crippen MR) is 70.4 cm³/mol. The van der Waals surface area contributed by atoms with Gasteiger partial charge < -0.3 is 19.3 Å². The van der Waals surface area contributed by atoms with Crippen molar-refractivity contribution in [2.45, 2.75) is 33.0 Å². The molecule has 1 aromatic rings. The molecule has 0 bridgehead atoms. The van der Waals surface area contributed by atoms with Crippen LogP contribution in [0.25, 0.3) is 0 Å². The van der Waals surface area contributed by atoms with E-state index in [1.807, 2.05) is 13.8 Å².